The number of thiazole rings is 1. The third-order valence-electron chi connectivity index (χ3n) is 6.00. The van der Waals surface area contributed by atoms with Gasteiger partial charge in [-0.25, -0.2) is 4.98 Å². The summed E-state index contributed by atoms with van der Waals surface area (Å²) in [6, 6.07) is 13.2. The highest BCUT2D eigenvalue weighted by atomic mass is 32.1. The molecule has 2 aromatic carbocycles. The minimum Gasteiger partial charge on any atom is -0.507 e. The first-order valence-electron chi connectivity index (χ1n) is 11.3. The van der Waals surface area contributed by atoms with E-state index in [2.05, 4.69) is 9.97 Å². The number of fused-ring (bicyclic) bond motifs is 1. The van der Waals surface area contributed by atoms with Gasteiger partial charge >= 0.3 is 5.91 Å². The van der Waals surface area contributed by atoms with Crippen molar-refractivity contribution in [1.82, 2.24) is 9.97 Å². The SMILES string of the molecule is CCOc1ccc2nc(N3C(=O)C(=O)/C(=C(/O)c4ccc(OC)cc4C)C3c3cccnc3)sc2c1. The van der Waals surface area contributed by atoms with Crippen molar-refractivity contribution in [1.29, 1.82) is 0 Å². The number of hydrogen-bond donors (Lipinski definition) is 1. The fourth-order valence-electron chi connectivity index (χ4n) is 4.31. The van der Waals surface area contributed by atoms with Gasteiger partial charge in [-0.3, -0.25) is 19.5 Å². The van der Waals surface area contributed by atoms with Crippen molar-refractivity contribution >= 4 is 44.1 Å². The van der Waals surface area contributed by atoms with E-state index in [1.54, 1.807) is 56.8 Å². The first-order chi connectivity index (χ1) is 17.4. The smallest absolute Gasteiger partial charge is 0.301 e. The summed E-state index contributed by atoms with van der Waals surface area (Å²) in [6.45, 7) is 4.23. The van der Waals surface area contributed by atoms with Gasteiger partial charge in [0.1, 0.15) is 17.3 Å². The lowest BCUT2D eigenvalue weighted by Crippen LogP contribution is -2.29. The zero-order valence-electron chi connectivity index (χ0n) is 19.9. The predicted molar refractivity (Wildman–Crippen MR) is 138 cm³/mol. The number of carbonyl (C=O) groups excluding carboxylic acids is 2. The number of hydrogen-bond acceptors (Lipinski definition) is 8. The summed E-state index contributed by atoms with van der Waals surface area (Å²) < 4.78 is 11.7. The van der Waals surface area contributed by atoms with E-state index in [0.29, 0.717) is 45.4 Å². The van der Waals surface area contributed by atoms with Crippen LogP contribution in [0.15, 0.2) is 66.5 Å². The van der Waals surface area contributed by atoms with Crippen molar-refractivity contribution in [2.45, 2.75) is 19.9 Å². The second kappa shape index (κ2) is 9.43. The van der Waals surface area contributed by atoms with E-state index >= 15 is 0 Å². The number of ketones is 1. The van der Waals surface area contributed by atoms with E-state index in [9.17, 15) is 14.7 Å². The minimum atomic E-state index is -0.896. The molecule has 3 heterocycles. The number of aryl methyl sites for hydroxylation is 1. The van der Waals surface area contributed by atoms with Crippen LogP contribution in [0.4, 0.5) is 5.13 Å². The first kappa shape index (κ1) is 23.5. The molecule has 182 valence electrons. The fourth-order valence-corrected chi connectivity index (χ4v) is 5.33. The van der Waals surface area contributed by atoms with E-state index < -0.39 is 17.7 Å². The highest BCUT2D eigenvalue weighted by Gasteiger charge is 2.48. The summed E-state index contributed by atoms with van der Waals surface area (Å²) in [5.41, 5.74) is 2.38. The number of methoxy groups -OCH3 is 1. The van der Waals surface area contributed by atoms with Crippen molar-refractivity contribution in [2.75, 3.05) is 18.6 Å². The molecule has 5 rings (SSSR count). The molecule has 0 radical (unpaired) electrons. The Balaban J connectivity index is 1.69. The Hall–Kier alpha value is -4.24. The molecule has 1 unspecified atom stereocenters. The average molecular weight is 502 g/mol. The Labute approximate surface area is 211 Å². The van der Waals surface area contributed by atoms with Gasteiger partial charge in [0.2, 0.25) is 0 Å². The zero-order valence-corrected chi connectivity index (χ0v) is 20.7. The second-order valence-corrected chi connectivity index (χ2v) is 9.20. The number of pyridine rings is 1. The van der Waals surface area contributed by atoms with Crippen LogP contribution in [0.5, 0.6) is 11.5 Å². The largest absolute Gasteiger partial charge is 0.507 e. The number of anilines is 1. The van der Waals surface area contributed by atoms with E-state index in [0.717, 1.165) is 4.70 Å². The van der Waals surface area contributed by atoms with Crippen LogP contribution >= 0.6 is 11.3 Å². The topological polar surface area (TPSA) is 102 Å². The summed E-state index contributed by atoms with van der Waals surface area (Å²) in [5.74, 6) is -0.494. The predicted octanol–water partition coefficient (Wildman–Crippen LogP) is 5.03. The highest BCUT2D eigenvalue weighted by molar-refractivity contribution is 7.22. The van der Waals surface area contributed by atoms with Crippen molar-refractivity contribution in [3.63, 3.8) is 0 Å². The third-order valence-corrected chi connectivity index (χ3v) is 7.02. The molecular weight excluding hydrogens is 478 g/mol. The maximum absolute atomic E-state index is 13.4. The lowest BCUT2D eigenvalue weighted by atomic mass is 9.95. The van der Waals surface area contributed by atoms with Gasteiger partial charge < -0.3 is 14.6 Å². The van der Waals surface area contributed by atoms with Crippen LogP contribution in [0.3, 0.4) is 0 Å². The highest BCUT2D eigenvalue weighted by Crippen LogP contribution is 2.44. The van der Waals surface area contributed by atoms with Crippen LogP contribution in [0.25, 0.3) is 16.0 Å². The Morgan fingerprint density at radius 2 is 1.94 bits per heavy atom. The second-order valence-electron chi connectivity index (χ2n) is 8.20. The molecular formula is C27H23N3O5S. The quantitative estimate of drug-likeness (QED) is 0.225. The van der Waals surface area contributed by atoms with Gasteiger partial charge in [-0.1, -0.05) is 17.4 Å². The van der Waals surface area contributed by atoms with Gasteiger partial charge in [-0.05, 0) is 67.4 Å². The number of carbonyl (C=O) groups is 2. The van der Waals surface area contributed by atoms with E-state index in [1.165, 1.54) is 16.2 Å². The fraction of sp³-hybridized carbons (Fsp3) is 0.185. The standard InChI is InChI=1S/C27H23N3O5S/c1-4-35-18-8-10-20-21(13-18)36-27(29-20)30-23(16-6-5-11-28-14-16)22(25(32)26(30)33)24(31)19-9-7-17(34-3)12-15(19)2/h5-14,23,31H,4H2,1-3H3/b24-22+. The summed E-state index contributed by atoms with van der Waals surface area (Å²) in [6.07, 6.45) is 3.19. The number of Topliss-reactive ketones (excluding diaryl/α,β-unsaturated/α-hetero) is 1. The van der Waals surface area contributed by atoms with Crippen LogP contribution in [0, 0.1) is 6.92 Å². The molecule has 1 aliphatic heterocycles. The van der Waals surface area contributed by atoms with Gasteiger partial charge in [0.15, 0.2) is 5.13 Å². The molecule has 0 saturated carbocycles. The molecule has 8 nitrogen and oxygen atoms in total. The van der Waals surface area contributed by atoms with Gasteiger partial charge in [0.25, 0.3) is 5.78 Å². The van der Waals surface area contributed by atoms with Crippen LogP contribution in [-0.4, -0.2) is 40.5 Å². The van der Waals surface area contributed by atoms with Crippen molar-refractivity contribution in [3.8, 4) is 11.5 Å². The number of aliphatic hydroxyl groups is 1. The molecule has 0 spiro atoms. The Morgan fingerprint density at radius 1 is 1.14 bits per heavy atom. The van der Waals surface area contributed by atoms with Crippen LogP contribution in [0.2, 0.25) is 0 Å². The van der Waals surface area contributed by atoms with Crippen molar-refractivity contribution in [3.05, 3.63) is 83.2 Å². The van der Waals surface area contributed by atoms with Gasteiger partial charge in [0, 0.05) is 18.0 Å². The summed E-state index contributed by atoms with van der Waals surface area (Å²) >= 11 is 1.28. The summed E-state index contributed by atoms with van der Waals surface area (Å²) in [7, 11) is 1.55. The maximum Gasteiger partial charge on any atom is 0.301 e. The number of nitrogens with zero attached hydrogens (tertiary/aromatic N) is 3. The Morgan fingerprint density at radius 3 is 2.64 bits per heavy atom. The molecule has 1 fully saturated rings. The Bertz CT molecular complexity index is 1510. The third kappa shape index (κ3) is 3.97. The van der Waals surface area contributed by atoms with Gasteiger partial charge in [-0.2, -0.15) is 0 Å². The molecule has 1 amide bonds. The maximum atomic E-state index is 13.4. The van der Waals surface area contributed by atoms with Crippen LogP contribution < -0.4 is 14.4 Å². The lowest BCUT2D eigenvalue weighted by Gasteiger charge is -2.22. The number of ether oxygens (including phenoxy) is 2. The molecule has 1 saturated heterocycles. The zero-order chi connectivity index (χ0) is 25.4. The van der Waals surface area contributed by atoms with E-state index in [4.69, 9.17) is 9.47 Å². The molecule has 2 aromatic heterocycles. The Kier molecular flexibility index (Phi) is 6.15. The van der Waals surface area contributed by atoms with E-state index in [1.807, 2.05) is 25.1 Å². The molecule has 0 aliphatic carbocycles. The van der Waals surface area contributed by atoms with E-state index in [-0.39, 0.29) is 11.3 Å². The summed E-state index contributed by atoms with van der Waals surface area (Å²) in [4.78, 5) is 36.9. The number of benzene rings is 2. The van der Waals surface area contributed by atoms with Crippen LogP contribution in [-0.2, 0) is 9.59 Å². The number of amides is 1. The number of aromatic nitrogens is 2. The minimum absolute atomic E-state index is 0.0180. The molecule has 9 heteroatoms. The van der Waals surface area contributed by atoms with Crippen LogP contribution in [0.1, 0.15) is 29.7 Å². The normalized spacial score (nSPS) is 17.1. The molecule has 36 heavy (non-hydrogen) atoms. The molecule has 1 N–H and O–H groups in total. The molecule has 4 aromatic rings. The van der Waals surface area contributed by atoms with Gasteiger partial charge in [0.05, 0.1) is 35.5 Å². The molecule has 1 atom stereocenters. The average Bonchev–Trinajstić information content (AvgIpc) is 3.42. The summed E-state index contributed by atoms with van der Waals surface area (Å²) in [5, 5.41) is 11.7. The number of rotatable bonds is 6. The number of aliphatic hydroxyl groups excluding tert-OH is 1. The molecule has 1 aliphatic rings. The lowest BCUT2D eigenvalue weighted by molar-refractivity contribution is -0.132. The first-order valence-corrected chi connectivity index (χ1v) is 12.1. The van der Waals surface area contributed by atoms with Crippen molar-refractivity contribution in [2.24, 2.45) is 0 Å². The van der Waals surface area contributed by atoms with Crippen molar-refractivity contribution < 1.29 is 24.2 Å². The monoisotopic (exact) mass is 501 g/mol. The molecule has 0 bridgehead atoms. The van der Waals surface area contributed by atoms with Gasteiger partial charge in [-0.15, -0.1) is 0 Å².